The molecule has 1 aromatic carbocycles. The summed E-state index contributed by atoms with van der Waals surface area (Å²) in [7, 11) is 1.75. The van der Waals surface area contributed by atoms with Crippen molar-refractivity contribution in [3.8, 4) is 0 Å². The first kappa shape index (κ1) is 20.4. The van der Waals surface area contributed by atoms with E-state index in [0.29, 0.717) is 51.0 Å². The van der Waals surface area contributed by atoms with Crippen molar-refractivity contribution in [3.63, 3.8) is 0 Å². The van der Waals surface area contributed by atoms with E-state index in [0.717, 1.165) is 0 Å². The SMILES string of the molecule is CNCCC(=O)N1CCC(C(=O)c2c(F)cc(F)cc2F)CC1.Cl. The average molecular weight is 365 g/mol. The topological polar surface area (TPSA) is 49.4 Å². The average Bonchev–Trinajstić information content (AvgIpc) is 2.51. The molecule has 1 aliphatic rings. The molecule has 2 rings (SSSR count). The zero-order chi connectivity index (χ0) is 17.0. The highest BCUT2D eigenvalue weighted by Gasteiger charge is 2.31. The van der Waals surface area contributed by atoms with Gasteiger partial charge in [0.2, 0.25) is 5.91 Å². The fourth-order valence-corrected chi connectivity index (χ4v) is 2.76. The van der Waals surface area contributed by atoms with Crippen LogP contribution in [0.1, 0.15) is 29.6 Å². The number of nitrogens with one attached hydrogen (secondary N) is 1. The minimum atomic E-state index is -1.18. The monoisotopic (exact) mass is 364 g/mol. The van der Waals surface area contributed by atoms with Gasteiger partial charge in [0, 0.05) is 44.1 Å². The summed E-state index contributed by atoms with van der Waals surface area (Å²) < 4.78 is 40.3. The molecule has 0 atom stereocenters. The molecule has 0 spiro atoms. The number of likely N-dealkylation sites (tertiary alicyclic amines) is 1. The van der Waals surface area contributed by atoms with Crippen molar-refractivity contribution < 1.29 is 22.8 Å². The minimum absolute atomic E-state index is 0. The summed E-state index contributed by atoms with van der Waals surface area (Å²) in [5.74, 6) is -4.65. The normalized spacial score (nSPS) is 15.1. The third kappa shape index (κ3) is 4.70. The van der Waals surface area contributed by atoms with Crippen molar-refractivity contribution in [1.82, 2.24) is 10.2 Å². The van der Waals surface area contributed by atoms with E-state index in [1.165, 1.54) is 0 Å². The Bertz CT molecular complexity index is 582. The molecule has 1 N–H and O–H groups in total. The van der Waals surface area contributed by atoms with Gasteiger partial charge in [-0.3, -0.25) is 9.59 Å². The molecule has 4 nitrogen and oxygen atoms in total. The fraction of sp³-hybridized carbons (Fsp3) is 0.500. The van der Waals surface area contributed by atoms with Gasteiger partial charge in [-0.2, -0.15) is 0 Å². The Balaban J connectivity index is 0.00000288. The van der Waals surface area contributed by atoms with Crippen molar-refractivity contribution in [2.24, 2.45) is 5.92 Å². The minimum Gasteiger partial charge on any atom is -0.343 e. The smallest absolute Gasteiger partial charge is 0.223 e. The highest BCUT2D eigenvalue weighted by atomic mass is 35.5. The van der Waals surface area contributed by atoms with Crippen molar-refractivity contribution in [1.29, 1.82) is 0 Å². The maximum atomic E-state index is 13.7. The van der Waals surface area contributed by atoms with Crippen LogP contribution in [0.3, 0.4) is 0 Å². The van der Waals surface area contributed by atoms with Crippen molar-refractivity contribution in [2.75, 3.05) is 26.7 Å². The summed E-state index contributed by atoms with van der Waals surface area (Å²) in [5.41, 5.74) is -0.689. The Morgan fingerprint density at radius 2 is 1.71 bits per heavy atom. The van der Waals surface area contributed by atoms with Gasteiger partial charge in [-0.15, -0.1) is 12.4 Å². The molecule has 0 saturated carbocycles. The van der Waals surface area contributed by atoms with E-state index in [-0.39, 0.29) is 18.3 Å². The van der Waals surface area contributed by atoms with E-state index >= 15 is 0 Å². The maximum Gasteiger partial charge on any atom is 0.223 e. The lowest BCUT2D eigenvalue weighted by atomic mass is 9.88. The standard InChI is InChI=1S/C16H19F3N2O2.ClH/c1-20-5-2-14(22)21-6-3-10(4-7-21)16(23)15-12(18)8-11(17)9-13(15)19;/h8-10,20H,2-7H2,1H3;1H. The third-order valence-electron chi connectivity index (χ3n) is 4.06. The third-order valence-corrected chi connectivity index (χ3v) is 4.06. The molecule has 8 heteroatoms. The number of hydrogen-bond acceptors (Lipinski definition) is 3. The van der Waals surface area contributed by atoms with Gasteiger partial charge >= 0.3 is 0 Å². The molecule has 1 amide bonds. The second-order valence-corrected chi connectivity index (χ2v) is 5.62. The van der Waals surface area contributed by atoms with Crippen LogP contribution in [0, 0.1) is 23.4 Å². The maximum absolute atomic E-state index is 13.7. The molecule has 0 aromatic heterocycles. The lowest BCUT2D eigenvalue weighted by Gasteiger charge is -2.31. The van der Waals surface area contributed by atoms with Crippen LogP contribution in [0.15, 0.2) is 12.1 Å². The Labute approximate surface area is 144 Å². The first-order chi connectivity index (χ1) is 10.9. The molecule has 0 radical (unpaired) electrons. The van der Waals surface area contributed by atoms with E-state index in [9.17, 15) is 22.8 Å². The number of carbonyl (C=O) groups is 2. The predicted octanol–water partition coefficient (Wildman–Crippen LogP) is 2.56. The van der Waals surface area contributed by atoms with E-state index in [2.05, 4.69) is 5.32 Å². The number of amides is 1. The Morgan fingerprint density at radius 3 is 2.21 bits per heavy atom. The summed E-state index contributed by atoms with van der Waals surface area (Å²) >= 11 is 0. The number of Topliss-reactive ketones (excluding diaryl/α,β-unsaturated/α-hetero) is 1. The van der Waals surface area contributed by atoms with Gasteiger partial charge in [0.05, 0.1) is 5.56 Å². The number of halogens is 4. The van der Waals surface area contributed by atoms with Crippen LogP contribution < -0.4 is 5.32 Å². The molecule has 1 aliphatic heterocycles. The second kappa shape index (κ2) is 9.03. The molecule has 24 heavy (non-hydrogen) atoms. The lowest BCUT2D eigenvalue weighted by Crippen LogP contribution is -2.41. The number of hydrogen-bond donors (Lipinski definition) is 1. The molecule has 1 heterocycles. The Morgan fingerprint density at radius 1 is 1.17 bits per heavy atom. The largest absolute Gasteiger partial charge is 0.343 e. The second-order valence-electron chi connectivity index (χ2n) is 5.62. The van der Waals surface area contributed by atoms with Gasteiger partial charge in [0.15, 0.2) is 5.78 Å². The van der Waals surface area contributed by atoms with E-state index in [1.807, 2.05) is 0 Å². The van der Waals surface area contributed by atoms with Crippen molar-refractivity contribution in [2.45, 2.75) is 19.3 Å². The van der Waals surface area contributed by atoms with Crippen LogP contribution in [0.25, 0.3) is 0 Å². The lowest BCUT2D eigenvalue weighted by molar-refractivity contribution is -0.132. The highest BCUT2D eigenvalue weighted by Crippen LogP contribution is 2.25. The molecular formula is C16H20ClF3N2O2. The fourth-order valence-electron chi connectivity index (χ4n) is 2.76. The number of rotatable bonds is 5. The number of nitrogens with zero attached hydrogens (tertiary/aromatic N) is 1. The summed E-state index contributed by atoms with van der Waals surface area (Å²) in [6.07, 6.45) is 1.07. The summed E-state index contributed by atoms with van der Waals surface area (Å²) in [6, 6.07) is 1.01. The predicted molar refractivity (Wildman–Crippen MR) is 85.7 cm³/mol. The van der Waals surface area contributed by atoms with Crippen LogP contribution in [0.2, 0.25) is 0 Å². The van der Waals surface area contributed by atoms with Crippen molar-refractivity contribution in [3.05, 3.63) is 35.1 Å². The number of piperidine rings is 1. The highest BCUT2D eigenvalue weighted by molar-refractivity contribution is 5.98. The summed E-state index contributed by atoms with van der Waals surface area (Å²) in [4.78, 5) is 25.8. The molecule has 0 aliphatic carbocycles. The Kier molecular flexibility index (Phi) is 7.69. The number of benzene rings is 1. The van der Waals surface area contributed by atoms with Gasteiger partial charge in [-0.1, -0.05) is 0 Å². The van der Waals surface area contributed by atoms with E-state index in [4.69, 9.17) is 0 Å². The number of carbonyl (C=O) groups excluding carboxylic acids is 2. The van der Waals surface area contributed by atoms with Gasteiger partial charge in [0.25, 0.3) is 0 Å². The molecule has 1 fully saturated rings. The van der Waals surface area contributed by atoms with Gasteiger partial charge in [0.1, 0.15) is 17.5 Å². The summed E-state index contributed by atoms with van der Waals surface area (Å²) in [5, 5.41) is 2.89. The van der Waals surface area contributed by atoms with E-state index in [1.54, 1.807) is 11.9 Å². The molecule has 0 bridgehead atoms. The summed E-state index contributed by atoms with van der Waals surface area (Å²) in [6.45, 7) is 1.33. The molecule has 1 aromatic rings. The Hall–Kier alpha value is -1.60. The van der Waals surface area contributed by atoms with Crippen LogP contribution in [0.5, 0.6) is 0 Å². The van der Waals surface area contributed by atoms with Crippen LogP contribution in [-0.2, 0) is 4.79 Å². The van der Waals surface area contributed by atoms with Gasteiger partial charge < -0.3 is 10.2 Å². The van der Waals surface area contributed by atoms with Crippen LogP contribution in [-0.4, -0.2) is 43.3 Å². The van der Waals surface area contributed by atoms with Gasteiger partial charge in [-0.25, -0.2) is 13.2 Å². The number of ketones is 1. The van der Waals surface area contributed by atoms with Gasteiger partial charge in [-0.05, 0) is 19.9 Å². The zero-order valence-electron chi connectivity index (χ0n) is 13.3. The van der Waals surface area contributed by atoms with Crippen LogP contribution >= 0.6 is 12.4 Å². The van der Waals surface area contributed by atoms with Crippen LogP contribution in [0.4, 0.5) is 13.2 Å². The van der Waals surface area contributed by atoms with E-state index < -0.39 is 34.7 Å². The molecule has 134 valence electrons. The first-order valence-electron chi connectivity index (χ1n) is 7.55. The first-order valence-corrected chi connectivity index (χ1v) is 7.55. The zero-order valence-corrected chi connectivity index (χ0v) is 14.1. The quantitative estimate of drug-likeness (QED) is 0.817. The molecule has 0 unspecified atom stereocenters. The molecular weight excluding hydrogens is 345 g/mol. The van der Waals surface area contributed by atoms with Crippen molar-refractivity contribution >= 4 is 24.1 Å². The molecule has 1 saturated heterocycles.